The number of hydrogen-bond donors (Lipinski definition) is 1. The number of methoxy groups -OCH3 is 1. The van der Waals surface area contributed by atoms with Crippen LogP contribution in [0.1, 0.15) is 19.4 Å². The molecule has 1 fully saturated rings. The van der Waals surface area contributed by atoms with Crippen molar-refractivity contribution in [2.24, 2.45) is 0 Å². The van der Waals surface area contributed by atoms with Gasteiger partial charge in [-0.3, -0.25) is 0 Å². The Labute approximate surface area is 113 Å². The van der Waals surface area contributed by atoms with Gasteiger partial charge in [-0.05, 0) is 19.9 Å². The molecule has 2 rings (SSSR count). The molecule has 1 aliphatic heterocycles. The predicted octanol–water partition coefficient (Wildman–Crippen LogP) is 1.76. The first-order chi connectivity index (χ1) is 8.96. The summed E-state index contributed by atoms with van der Waals surface area (Å²) in [6.45, 7) is 6.34. The third-order valence-electron chi connectivity index (χ3n) is 3.26. The monoisotopic (exact) mass is 261 g/mol. The minimum absolute atomic E-state index is 0.195. The van der Waals surface area contributed by atoms with Crippen LogP contribution in [0.15, 0.2) is 12.1 Å². The van der Waals surface area contributed by atoms with E-state index in [2.05, 4.69) is 24.8 Å². The summed E-state index contributed by atoms with van der Waals surface area (Å²) in [5.41, 5.74) is 7.45. The lowest BCUT2D eigenvalue weighted by atomic mass is 10.1. The second kappa shape index (κ2) is 4.98. The van der Waals surface area contributed by atoms with E-state index in [-0.39, 0.29) is 5.60 Å². The number of anilines is 2. The number of benzene rings is 1. The maximum atomic E-state index is 9.14. The van der Waals surface area contributed by atoms with Crippen molar-refractivity contribution in [2.75, 3.05) is 37.4 Å². The van der Waals surface area contributed by atoms with Gasteiger partial charge in [0.05, 0.1) is 30.6 Å². The van der Waals surface area contributed by atoms with Crippen LogP contribution in [0.2, 0.25) is 0 Å². The van der Waals surface area contributed by atoms with Crippen LogP contribution in [0.4, 0.5) is 11.4 Å². The van der Waals surface area contributed by atoms with Gasteiger partial charge in [0.25, 0.3) is 0 Å². The summed E-state index contributed by atoms with van der Waals surface area (Å²) >= 11 is 0. The van der Waals surface area contributed by atoms with Gasteiger partial charge in [0.1, 0.15) is 11.8 Å². The van der Waals surface area contributed by atoms with Crippen LogP contribution in [0, 0.1) is 11.3 Å². The van der Waals surface area contributed by atoms with Gasteiger partial charge in [-0.25, -0.2) is 0 Å². The third-order valence-corrected chi connectivity index (χ3v) is 3.26. The Morgan fingerprint density at radius 1 is 1.47 bits per heavy atom. The van der Waals surface area contributed by atoms with Gasteiger partial charge in [0, 0.05) is 24.8 Å². The summed E-state index contributed by atoms with van der Waals surface area (Å²) in [4.78, 5) is 2.19. The fourth-order valence-corrected chi connectivity index (χ4v) is 2.29. The summed E-state index contributed by atoms with van der Waals surface area (Å²) in [7, 11) is 1.56. The Kier molecular flexibility index (Phi) is 3.54. The molecule has 0 aliphatic carbocycles. The van der Waals surface area contributed by atoms with Crippen LogP contribution < -0.4 is 15.4 Å². The van der Waals surface area contributed by atoms with Gasteiger partial charge in [0.15, 0.2) is 0 Å². The van der Waals surface area contributed by atoms with Gasteiger partial charge in [-0.1, -0.05) is 0 Å². The van der Waals surface area contributed by atoms with Gasteiger partial charge < -0.3 is 20.1 Å². The molecular formula is C14H19N3O2. The molecule has 0 unspecified atom stereocenters. The molecule has 5 nitrogen and oxygen atoms in total. The number of hydrogen-bond acceptors (Lipinski definition) is 5. The maximum absolute atomic E-state index is 9.14. The highest BCUT2D eigenvalue weighted by Gasteiger charge is 2.28. The van der Waals surface area contributed by atoms with Crippen LogP contribution >= 0.6 is 0 Å². The Hall–Kier alpha value is -1.93. The molecule has 1 heterocycles. The van der Waals surface area contributed by atoms with Crippen molar-refractivity contribution < 1.29 is 9.47 Å². The van der Waals surface area contributed by atoms with Crippen molar-refractivity contribution >= 4 is 11.4 Å². The zero-order chi connectivity index (χ0) is 14.0. The van der Waals surface area contributed by atoms with E-state index in [1.807, 2.05) is 6.07 Å². The summed E-state index contributed by atoms with van der Waals surface area (Å²) in [6, 6.07) is 5.78. The topological polar surface area (TPSA) is 71.5 Å². The fourth-order valence-electron chi connectivity index (χ4n) is 2.29. The van der Waals surface area contributed by atoms with Crippen LogP contribution in [0.25, 0.3) is 0 Å². The number of nitriles is 1. The smallest absolute Gasteiger partial charge is 0.145 e. The van der Waals surface area contributed by atoms with E-state index < -0.39 is 0 Å². The van der Waals surface area contributed by atoms with E-state index in [9.17, 15) is 0 Å². The summed E-state index contributed by atoms with van der Waals surface area (Å²) < 4.78 is 10.9. The molecule has 0 atom stereocenters. The molecular weight excluding hydrogens is 242 g/mol. The largest absolute Gasteiger partial charge is 0.494 e. The zero-order valence-corrected chi connectivity index (χ0v) is 11.6. The average Bonchev–Trinajstić information content (AvgIpc) is 2.37. The molecule has 0 amide bonds. The van der Waals surface area contributed by atoms with Crippen LogP contribution in [0.3, 0.4) is 0 Å². The zero-order valence-electron chi connectivity index (χ0n) is 11.6. The number of morpholine rings is 1. The molecule has 19 heavy (non-hydrogen) atoms. The van der Waals surface area contributed by atoms with Crippen molar-refractivity contribution in [1.29, 1.82) is 5.26 Å². The molecule has 5 heteroatoms. The van der Waals surface area contributed by atoms with E-state index in [1.165, 1.54) is 0 Å². The molecule has 1 aliphatic rings. The van der Waals surface area contributed by atoms with E-state index in [4.69, 9.17) is 20.5 Å². The first-order valence-corrected chi connectivity index (χ1v) is 6.23. The number of nitrogens with zero attached hydrogens (tertiary/aromatic N) is 2. The molecule has 1 aromatic carbocycles. The molecule has 1 aromatic rings. The van der Waals surface area contributed by atoms with E-state index in [0.29, 0.717) is 23.6 Å². The Bertz CT molecular complexity index is 520. The van der Waals surface area contributed by atoms with Gasteiger partial charge >= 0.3 is 0 Å². The highest BCUT2D eigenvalue weighted by molar-refractivity contribution is 5.70. The fraction of sp³-hybridized carbons (Fsp3) is 0.500. The number of ether oxygens (including phenoxy) is 2. The summed E-state index contributed by atoms with van der Waals surface area (Å²) in [5.74, 6) is 0.540. The van der Waals surface area contributed by atoms with Gasteiger partial charge in [-0.15, -0.1) is 0 Å². The summed E-state index contributed by atoms with van der Waals surface area (Å²) in [5, 5.41) is 9.14. The first kappa shape index (κ1) is 13.5. The third kappa shape index (κ3) is 2.74. The Morgan fingerprint density at radius 3 is 2.79 bits per heavy atom. The Morgan fingerprint density at radius 2 is 2.21 bits per heavy atom. The molecule has 0 spiro atoms. The SMILES string of the molecule is COc1cc(N2CCOC(C)(C)C2)cc(C#N)c1N. The van der Waals surface area contributed by atoms with Crippen LogP contribution in [-0.4, -0.2) is 32.4 Å². The molecule has 0 bridgehead atoms. The first-order valence-electron chi connectivity index (χ1n) is 6.23. The second-order valence-electron chi connectivity index (χ2n) is 5.25. The van der Waals surface area contributed by atoms with Crippen molar-refractivity contribution in [3.63, 3.8) is 0 Å². The van der Waals surface area contributed by atoms with E-state index in [0.717, 1.165) is 18.8 Å². The van der Waals surface area contributed by atoms with Crippen molar-refractivity contribution in [2.45, 2.75) is 19.4 Å². The molecule has 0 radical (unpaired) electrons. The molecule has 0 saturated carbocycles. The lowest BCUT2D eigenvalue weighted by Crippen LogP contribution is -2.48. The highest BCUT2D eigenvalue weighted by Crippen LogP contribution is 2.33. The van der Waals surface area contributed by atoms with Crippen molar-refractivity contribution in [1.82, 2.24) is 0 Å². The number of nitrogen functional groups attached to an aromatic ring is 1. The maximum Gasteiger partial charge on any atom is 0.145 e. The summed E-state index contributed by atoms with van der Waals surface area (Å²) in [6.07, 6.45) is 0. The lowest BCUT2D eigenvalue weighted by molar-refractivity contribution is -0.0277. The number of rotatable bonds is 2. The lowest BCUT2D eigenvalue weighted by Gasteiger charge is -2.39. The molecule has 0 aromatic heterocycles. The minimum atomic E-state index is -0.195. The molecule has 2 N–H and O–H groups in total. The van der Waals surface area contributed by atoms with Crippen molar-refractivity contribution in [3.8, 4) is 11.8 Å². The minimum Gasteiger partial charge on any atom is -0.494 e. The predicted molar refractivity (Wildman–Crippen MR) is 74.4 cm³/mol. The van der Waals surface area contributed by atoms with Gasteiger partial charge in [-0.2, -0.15) is 5.26 Å². The van der Waals surface area contributed by atoms with E-state index >= 15 is 0 Å². The van der Waals surface area contributed by atoms with Crippen molar-refractivity contribution in [3.05, 3.63) is 17.7 Å². The molecule has 102 valence electrons. The van der Waals surface area contributed by atoms with Crippen LogP contribution in [0.5, 0.6) is 5.75 Å². The van der Waals surface area contributed by atoms with Gasteiger partial charge in [0.2, 0.25) is 0 Å². The Balaban J connectivity index is 2.37. The number of nitrogens with two attached hydrogens (primary N) is 1. The normalized spacial score (nSPS) is 17.9. The standard InChI is InChI=1S/C14H19N3O2/c1-14(2)9-17(4-5-19-14)11-6-10(8-15)13(16)12(7-11)18-3/h6-7H,4-5,9,16H2,1-3H3. The average molecular weight is 261 g/mol. The van der Waals surface area contributed by atoms with E-state index in [1.54, 1.807) is 13.2 Å². The second-order valence-corrected chi connectivity index (χ2v) is 5.25. The molecule has 1 saturated heterocycles. The quantitative estimate of drug-likeness (QED) is 0.821. The highest BCUT2D eigenvalue weighted by atomic mass is 16.5. The van der Waals surface area contributed by atoms with Crippen LogP contribution in [-0.2, 0) is 4.74 Å².